The van der Waals surface area contributed by atoms with Crippen LogP contribution in [0.3, 0.4) is 0 Å². The van der Waals surface area contributed by atoms with Gasteiger partial charge >= 0.3 is 21.7 Å². The number of fused-ring (bicyclic) bond motifs is 6. The molecule has 0 radical (unpaired) electrons. The molecule has 0 spiro atoms. The summed E-state index contributed by atoms with van der Waals surface area (Å²) in [4.78, 5) is 19.7. The van der Waals surface area contributed by atoms with Crippen molar-refractivity contribution in [3.05, 3.63) is 123 Å². The Kier molecular flexibility index (Phi) is 13.6. The van der Waals surface area contributed by atoms with Crippen molar-refractivity contribution in [2.45, 2.75) is 96.2 Å². The van der Waals surface area contributed by atoms with Gasteiger partial charge in [-0.05, 0) is 84.5 Å². The molecule has 24 heteroatoms. The number of alkyl halides is 9. The van der Waals surface area contributed by atoms with Crippen molar-refractivity contribution in [1.29, 1.82) is 0 Å². The van der Waals surface area contributed by atoms with Gasteiger partial charge in [0.15, 0.2) is 0 Å². The molecule has 0 amide bonds. The molecule has 4 aliphatic heterocycles. The zero-order chi connectivity index (χ0) is 47.3. The summed E-state index contributed by atoms with van der Waals surface area (Å²) in [6.07, 6.45) is -7.49. The van der Waals surface area contributed by atoms with Crippen LogP contribution in [0.2, 0.25) is 0 Å². The smallest absolute Gasteiger partial charge is 0.384 e. The molecular weight excluding hydrogens is 965 g/mol. The zero-order valence-corrected chi connectivity index (χ0v) is 34.4. The fourth-order valence-electron chi connectivity index (χ4n) is 7.93. The number of aldehydes is 1. The van der Waals surface area contributed by atoms with Crippen molar-refractivity contribution in [1.82, 2.24) is 4.57 Å². The van der Waals surface area contributed by atoms with Crippen LogP contribution in [0.15, 0.2) is 87.5 Å². The van der Waals surface area contributed by atoms with Crippen LogP contribution >= 0.6 is 0 Å². The molecule has 0 saturated carbocycles. The number of nitrogens with zero attached hydrogens (tertiary/aromatic N) is 1. The molecule has 1 aromatic heterocycles. The van der Waals surface area contributed by atoms with Gasteiger partial charge in [-0.25, -0.2) is 42.8 Å². The molecule has 4 aromatic carbocycles. The van der Waals surface area contributed by atoms with Crippen LogP contribution in [0.5, 0.6) is 0 Å². The van der Waals surface area contributed by atoms with Gasteiger partial charge in [0.2, 0.25) is 48.0 Å². The Labute approximate surface area is 370 Å². The molecule has 5 aromatic rings. The molecule has 0 saturated heterocycles. The summed E-state index contributed by atoms with van der Waals surface area (Å²) in [6, 6.07) is 13.3. The minimum absolute atomic E-state index is 0. The molecule has 5 heterocycles. The first-order valence-corrected chi connectivity index (χ1v) is 22.9. The largest absolute Gasteiger partial charge is 0.481 e. The van der Waals surface area contributed by atoms with E-state index in [1.54, 1.807) is 6.07 Å². The van der Waals surface area contributed by atoms with Crippen molar-refractivity contribution < 1.29 is 89.0 Å². The number of sulfone groups is 3. The lowest BCUT2D eigenvalue weighted by Crippen LogP contribution is -2.26. The highest BCUT2D eigenvalue weighted by Crippen LogP contribution is 2.53. The number of benzene rings is 4. The number of carbonyl (C=O) groups is 2. The highest BCUT2D eigenvalue weighted by molar-refractivity contribution is 7.93. The summed E-state index contributed by atoms with van der Waals surface area (Å²) in [6.45, 7) is -0.250. The number of rotatable bonds is 5. The molecule has 11 nitrogen and oxygen atoms in total. The predicted molar refractivity (Wildman–Crippen MR) is 216 cm³/mol. The molecule has 9 rings (SSSR count). The number of aromatic nitrogens is 1. The number of aliphatic hydroxyl groups excluding tert-OH is 1. The predicted octanol–water partition coefficient (Wildman–Crippen LogP) is 9.14. The summed E-state index contributed by atoms with van der Waals surface area (Å²) >= 11 is 0. The van der Waals surface area contributed by atoms with Gasteiger partial charge in [-0.1, -0.05) is 39.1 Å². The van der Waals surface area contributed by atoms with Crippen molar-refractivity contribution in [2.75, 3.05) is 0 Å². The van der Waals surface area contributed by atoms with E-state index in [4.69, 9.17) is 5.11 Å². The maximum absolute atomic E-state index is 14.3. The highest BCUT2D eigenvalue weighted by atomic mass is 32.2. The van der Waals surface area contributed by atoms with Gasteiger partial charge in [-0.3, -0.25) is 9.59 Å². The van der Waals surface area contributed by atoms with Gasteiger partial charge in [0.1, 0.15) is 12.1 Å². The van der Waals surface area contributed by atoms with Crippen LogP contribution in [0, 0.1) is 11.7 Å². The van der Waals surface area contributed by atoms with Crippen molar-refractivity contribution >= 4 is 52.7 Å². The van der Waals surface area contributed by atoms with E-state index in [1.807, 2.05) is 4.57 Å². The molecule has 4 atom stereocenters. The van der Waals surface area contributed by atoms with Gasteiger partial charge in [-0.2, -0.15) is 26.3 Å². The van der Waals surface area contributed by atoms with E-state index in [9.17, 15) is 83.9 Å². The van der Waals surface area contributed by atoms with E-state index >= 15 is 0 Å². The van der Waals surface area contributed by atoms with E-state index in [0.29, 0.717) is 41.2 Å². The molecule has 0 bridgehead atoms. The number of aliphatic hydroxyl groups is 1. The van der Waals surface area contributed by atoms with Crippen molar-refractivity contribution in [2.24, 2.45) is 5.92 Å². The molecule has 4 aliphatic rings. The third kappa shape index (κ3) is 7.75. The Hall–Kier alpha value is -5.33. The summed E-state index contributed by atoms with van der Waals surface area (Å²) in [5.74, 6) is -1.99. The quantitative estimate of drug-likeness (QED) is 0.127. The average molecular weight is 1000 g/mol. The van der Waals surface area contributed by atoms with Gasteiger partial charge < -0.3 is 14.8 Å². The lowest BCUT2D eigenvalue weighted by atomic mass is 9.93. The standard InChI is InChI=1S/C22H17F4NO4S.C9H7F3O3S.C9H5F3O3S.2CH4/c23-13-3-5-18-15(9-13)14(17-4-2-12(21(28)29)10-27(17)18)7-11-1-6-19-16(8-11)20(24)22(25,26)32(19,30)31;2*10-8-6-3-5(4-13)1-2-7(6)16(14,15)9(8,11)12;;/h1,3,5-6,8-9,12,20H,2,4,7,10H2,(H,28,29);1-3,8,13H,4H2;1-4,8H;2*1H4. The monoisotopic (exact) mass is 1000 g/mol. The highest BCUT2D eigenvalue weighted by Gasteiger charge is 2.63. The number of hydrogen-bond donors (Lipinski definition) is 2. The Morgan fingerprint density at radius 3 is 1.61 bits per heavy atom. The Balaban J connectivity index is 0.000000203. The third-order valence-electron chi connectivity index (χ3n) is 11.3. The van der Waals surface area contributed by atoms with Crippen molar-refractivity contribution in [3.8, 4) is 0 Å². The number of carbonyl (C=O) groups excluding carboxylic acids is 1. The second-order valence-electron chi connectivity index (χ2n) is 15.0. The second kappa shape index (κ2) is 17.4. The van der Waals surface area contributed by atoms with Gasteiger partial charge in [-0.15, -0.1) is 0 Å². The minimum Gasteiger partial charge on any atom is -0.481 e. The lowest BCUT2D eigenvalue weighted by Gasteiger charge is -2.23. The fourth-order valence-corrected chi connectivity index (χ4v) is 12.2. The van der Waals surface area contributed by atoms with Gasteiger partial charge in [0.05, 0.1) is 27.2 Å². The van der Waals surface area contributed by atoms with E-state index < -0.39 is 119 Å². The SMILES string of the molecule is C.C.O=C(O)C1CCc2c(Cc3ccc4c(c3)C(F)C(F)(F)S4(=O)=O)c3cc(F)ccc3n2C1.O=Cc1ccc2c(c1)C(F)C(F)(F)S2(=O)=O.O=S1(=O)c2ccc(CO)cc2C(F)C1(F)F. The maximum Gasteiger partial charge on any atom is 0.384 e. The third-order valence-corrected chi connectivity index (χ3v) is 16.9. The topological polar surface area (TPSA) is 182 Å². The zero-order valence-electron chi connectivity index (χ0n) is 32.0. The van der Waals surface area contributed by atoms with Crippen LogP contribution in [0.25, 0.3) is 10.9 Å². The number of carboxylic acids is 1. The Morgan fingerprint density at radius 2 is 1.14 bits per heavy atom. The summed E-state index contributed by atoms with van der Waals surface area (Å²) in [5.41, 5.74) is 0.863. The molecule has 4 unspecified atom stereocenters. The van der Waals surface area contributed by atoms with E-state index in [-0.39, 0.29) is 38.9 Å². The van der Waals surface area contributed by atoms with Crippen LogP contribution < -0.4 is 0 Å². The summed E-state index contributed by atoms with van der Waals surface area (Å²) in [7, 11) is -15.0. The van der Waals surface area contributed by atoms with Crippen LogP contribution in [-0.4, -0.2) is 68.1 Å². The van der Waals surface area contributed by atoms with E-state index in [2.05, 4.69) is 0 Å². The molecule has 358 valence electrons. The molecule has 66 heavy (non-hydrogen) atoms. The Bertz CT molecular complexity index is 3120. The molecule has 0 fully saturated rings. The molecular formula is C42H37F10NO10S3. The lowest BCUT2D eigenvalue weighted by molar-refractivity contribution is -0.142. The Morgan fingerprint density at radius 1 is 0.682 bits per heavy atom. The number of halogens is 10. The number of hydrogen-bond acceptors (Lipinski definition) is 9. The van der Waals surface area contributed by atoms with Crippen molar-refractivity contribution in [3.63, 3.8) is 0 Å². The second-order valence-corrected chi connectivity index (χ2v) is 21.0. The minimum atomic E-state index is -5.10. The normalized spacial score (nSPS) is 23.4. The molecule has 2 N–H and O–H groups in total. The first-order valence-electron chi connectivity index (χ1n) is 18.4. The van der Waals surface area contributed by atoms with Gasteiger partial charge in [0.25, 0.3) is 0 Å². The summed E-state index contributed by atoms with van der Waals surface area (Å²) < 4.78 is 206. The van der Waals surface area contributed by atoms with E-state index in [1.165, 1.54) is 24.3 Å². The number of aliphatic carboxylic acids is 1. The van der Waals surface area contributed by atoms with E-state index in [0.717, 1.165) is 48.2 Å². The fraction of sp³-hybridized carbons (Fsp3) is 0.333. The average Bonchev–Trinajstić information content (AvgIpc) is 3.72. The number of carboxylic acid groups (broad SMARTS) is 1. The maximum atomic E-state index is 14.3. The first kappa shape index (κ1) is 51.7. The van der Waals surface area contributed by atoms with Crippen LogP contribution in [0.4, 0.5) is 43.9 Å². The van der Waals surface area contributed by atoms with Gasteiger partial charge in [0, 0.05) is 45.4 Å². The van der Waals surface area contributed by atoms with Crippen LogP contribution in [0.1, 0.15) is 89.2 Å². The first-order chi connectivity index (χ1) is 29.7. The van der Waals surface area contributed by atoms with Crippen LogP contribution in [-0.2, 0) is 60.3 Å². The molecule has 0 aliphatic carbocycles. The summed E-state index contributed by atoms with van der Waals surface area (Å²) in [5, 5.41) is 5.30.